The van der Waals surface area contributed by atoms with E-state index in [2.05, 4.69) is 43.4 Å². The summed E-state index contributed by atoms with van der Waals surface area (Å²) in [6.07, 6.45) is 6.71. The van der Waals surface area contributed by atoms with Crippen molar-refractivity contribution in [2.45, 2.75) is 64.8 Å². The third-order valence-corrected chi connectivity index (χ3v) is 3.68. The highest BCUT2D eigenvalue weighted by molar-refractivity contribution is 5.67. The summed E-state index contributed by atoms with van der Waals surface area (Å²) in [5.41, 5.74) is 2.57. The van der Waals surface area contributed by atoms with Gasteiger partial charge in [0.25, 0.3) is 0 Å². The molecule has 2 N–H and O–H groups in total. The standard InChI is InChI=1S/C18H29NO2/c1-3-5-6-12-19-17(14-18(20)21)13-16-10-8-15(7-4-2)9-11-16/h8-11,17,19H,3-7,12-14H2,1-2H3,(H,20,21). The Balaban J connectivity index is 2.51. The molecule has 0 fully saturated rings. The molecule has 0 aromatic heterocycles. The van der Waals surface area contributed by atoms with Gasteiger partial charge in [-0.25, -0.2) is 0 Å². The zero-order valence-corrected chi connectivity index (χ0v) is 13.4. The van der Waals surface area contributed by atoms with Gasteiger partial charge in [-0.1, -0.05) is 57.4 Å². The van der Waals surface area contributed by atoms with Crippen molar-refractivity contribution in [3.05, 3.63) is 35.4 Å². The van der Waals surface area contributed by atoms with Crippen LogP contribution < -0.4 is 5.32 Å². The number of rotatable bonds is 11. The van der Waals surface area contributed by atoms with Crippen molar-refractivity contribution in [2.75, 3.05) is 6.54 Å². The lowest BCUT2D eigenvalue weighted by Gasteiger charge is -2.17. The molecule has 1 unspecified atom stereocenters. The number of nitrogens with one attached hydrogen (secondary N) is 1. The molecule has 1 atom stereocenters. The molecule has 0 aliphatic carbocycles. The molecule has 1 rings (SSSR count). The molecule has 0 amide bonds. The molecule has 0 aliphatic heterocycles. The predicted molar refractivity (Wildman–Crippen MR) is 87.7 cm³/mol. The fourth-order valence-corrected chi connectivity index (χ4v) is 2.52. The van der Waals surface area contributed by atoms with Crippen LogP contribution in [0, 0.1) is 0 Å². The molecule has 1 aromatic rings. The predicted octanol–water partition coefficient (Wildman–Crippen LogP) is 3.80. The Hall–Kier alpha value is -1.35. The van der Waals surface area contributed by atoms with Crippen molar-refractivity contribution in [3.63, 3.8) is 0 Å². The zero-order chi connectivity index (χ0) is 15.5. The number of hydrogen-bond acceptors (Lipinski definition) is 2. The maximum atomic E-state index is 11.0. The first-order valence-electron chi connectivity index (χ1n) is 8.18. The molecule has 0 heterocycles. The van der Waals surface area contributed by atoms with E-state index in [1.165, 1.54) is 24.0 Å². The van der Waals surface area contributed by atoms with E-state index in [-0.39, 0.29) is 12.5 Å². The lowest BCUT2D eigenvalue weighted by atomic mass is 10.0. The van der Waals surface area contributed by atoms with E-state index in [1.54, 1.807) is 0 Å². The highest BCUT2D eigenvalue weighted by Gasteiger charge is 2.13. The summed E-state index contributed by atoms with van der Waals surface area (Å²) in [4.78, 5) is 11.0. The van der Waals surface area contributed by atoms with E-state index in [0.29, 0.717) is 0 Å². The van der Waals surface area contributed by atoms with Crippen LogP contribution in [0.5, 0.6) is 0 Å². The summed E-state index contributed by atoms with van der Waals surface area (Å²) < 4.78 is 0. The molecule has 3 nitrogen and oxygen atoms in total. The van der Waals surface area contributed by atoms with Gasteiger partial charge in [-0.15, -0.1) is 0 Å². The first-order chi connectivity index (χ1) is 10.2. The fourth-order valence-electron chi connectivity index (χ4n) is 2.52. The van der Waals surface area contributed by atoms with Gasteiger partial charge >= 0.3 is 5.97 Å². The van der Waals surface area contributed by atoms with E-state index in [0.717, 1.165) is 32.2 Å². The van der Waals surface area contributed by atoms with Crippen molar-refractivity contribution in [2.24, 2.45) is 0 Å². The molecule has 0 spiro atoms. The second kappa shape index (κ2) is 10.4. The van der Waals surface area contributed by atoms with E-state index >= 15 is 0 Å². The van der Waals surface area contributed by atoms with Crippen molar-refractivity contribution in [1.29, 1.82) is 0 Å². The molecular weight excluding hydrogens is 262 g/mol. The van der Waals surface area contributed by atoms with Gasteiger partial charge in [-0.2, -0.15) is 0 Å². The average molecular weight is 291 g/mol. The number of carboxylic acids is 1. The van der Waals surface area contributed by atoms with Crippen LogP contribution in [0.25, 0.3) is 0 Å². The Morgan fingerprint density at radius 1 is 1.10 bits per heavy atom. The van der Waals surface area contributed by atoms with Gasteiger partial charge in [0.05, 0.1) is 6.42 Å². The molecule has 0 saturated heterocycles. The number of aryl methyl sites for hydroxylation is 1. The van der Waals surface area contributed by atoms with Crippen LogP contribution in [0.3, 0.4) is 0 Å². The summed E-state index contributed by atoms with van der Waals surface area (Å²) in [5.74, 6) is -0.731. The van der Waals surface area contributed by atoms with Gasteiger partial charge in [0.15, 0.2) is 0 Å². The Labute approximate surface area is 128 Å². The van der Waals surface area contributed by atoms with Gasteiger partial charge in [-0.3, -0.25) is 4.79 Å². The van der Waals surface area contributed by atoms with Crippen LogP contribution in [-0.2, 0) is 17.6 Å². The summed E-state index contributed by atoms with van der Waals surface area (Å²) in [6.45, 7) is 5.25. The Morgan fingerprint density at radius 2 is 1.76 bits per heavy atom. The minimum atomic E-state index is -0.731. The van der Waals surface area contributed by atoms with E-state index in [9.17, 15) is 4.79 Å². The van der Waals surface area contributed by atoms with Crippen molar-refractivity contribution < 1.29 is 9.90 Å². The topological polar surface area (TPSA) is 49.3 Å². The largest absolute Gasteiger partial charge is 0.481 e. The summed E-state index contributed by atoms with van der Waals surface area (Å²) in [7, 11) is 0. The second-order valence-electron chi connectivity index (χ2n) is 5.73. The summed E-state index contributed by atoms with van der Waals surface area (Å²) in [6, 6.07) is 8.61. The number of benzene rings is 1. The maximum Gasteiger partial charge on any atom is 0.304 e. The Morgan fingerprint density at radius 3 is 2.33 bits per heavy atom. The average Bonchev–Trinajstić information content (AvgIpc) is 2.45. The van der Waals surface area contributed by atoms with Crippen molar-refractivity contribution >= 4 is 5.97 Å². The monoisotopic (exact) mass is 291 g/mol. The SMILES string of the molecule is CCCCCNC(CC(=O)O)Cc1ccc(CCC)cc1. The first-order valence-corrected chi connectivity index (χ1v) is 8.18. The fraction of sp³-hybridized carbons (Fsp3) is 0.611. The van der Waals surface area contributed by atoms with Crippen LogP contribution >= 0.6 is 0 Å². The molecule has 118 valence electrons. The first kappa shape index (κ1) is 17.7. The van der Waals surface area contributed by atoms with E-state index in [1.807, 2.05) is 0 Å². The molecule has 0 bridgehead atoms. The maximum absolute atomic E-state index is 11.0. The van der Waals surface area contributed by atoms with Gasteiger partial charge in [0.2, 0.25) is 0 Å². The van der Waals surface area contributed by atoms with Gasteiger partial charge in [-0.05, 0) is 36.9 Å². The zero-order valence-electron chi connectivity index (χ0n) is 13.4. The number of carbonyl (C=O) groups is 1. The lowest BCUT2D eigenvalue weighted by Crippen LogP contribution is -2.34. The van der Waals surface area contributed by atoms with Crippen LogP contribution in [0.2, 0.25) is 0 Å². The molecule has 1 aromatic carbocycles. The molecule has 3 heteroatoms. The van der Waals surface area contributed by atoms with Gasteiger partial charge in [0, 0.05) is 6.04 Å². The van der Waals surface area contributed by atoms with E-state index < -0.39 is 5.97 Å². The number of aliphatic carboxylic acids is 1. The van der Waals surface area contributed by atoms with Crippen LogP contribution in [0.4, 0.5) is 0 Å². The van der Waals surface area contributed by atoms with Crippen molar-refractivity contribution in [1.82, 2.24) is 5.32 Å². The van der Waals surface area contributed by atoms with Crippen LogP contribution in [0.15, 0.2) is 24.3 Å². The molecule has 21 heavy (non-hydrogen) atoms. The quantitative estimate of drug-likeness (QED) is 0.610. The summed E-state index contributed by atoms with van der Waals surface area (Å²) in [5, 5.41) is 12.4. The third kappa shape index (κ3) is 7.86. The highest BCUT2D eigenvalue weighted by atomic mass is 16.4. The molecule has 0 saturated carbocycles. The molecular formula is C18H29NO2. The summed E-state index contributed by atoms with van der Waals surface area (Å²) >= 11 is 0. The third-order valence-electron chi connectivity index (χ3n) is 3.68. The highest BCUT2D eigenvalue weighted by Crippen LogP contribution is 2.10. The van der Waals surface area contributed by atoms with Gasteiger partial charge in [0.1, 0.15) is 0 Å². The smallest absolute Gasteiger partial charge is 0.304 e. The number of carboxylic acid groups (broad SMARTS) is 1. The number of hydrogen-bond donors (Lipinski definition) is 2. The van der Waals surface area contributed by atoms with Crippen LogP contribution in [0.1, 0.15) is 57.1 Å². The Kier molecular flexibility index (Phi) is 8.76. The molecule has 0 aliphatic rings. The van der Waals surface area contributed by atoms with E-state index in [4.69, 9.17) is 5.11 Å². The Bertz CT molecular complexity index is 400. The minimum absolute atomic E-state index is 0.0244. The van der Waals surface area contributed by atoms with Crippen molar-refractivity contribution in [3.8, 4) is 0 Å². The number of unbranched alkanes of at least 4 members (excludes halogenated alkanes) is 2. The lowest BCUT2D eigenvalue weighted by molar-refractivity contribution is -0.137. The minimum Gasteiger partial charge on any atom is -0.481 e. The second-order valence-corrected chi connectivity index (χ2v) is 5.73. The van der Waals surface area contributed by atoms with Gasteiger partial charge < -0.3 is 10.4 Å². The molecule has 0 radical (unpaired) electrons. The van der Waals surface area contributed by atoms with Crippen LogP contribution in [-0.4, -0.2) is 23.7 Å². The normalized spacial score (nSPS) is 12.3.